The van der Waals surface area contributed by atoms with Crippen molar-refractivity contribution in [3.8, 4) is 0 Å². The molecule has 340 valence electrons. The maximum atomic E-state index is 14.5. The van der Waals surface area contributed by atoms with Gasteiger partial charge in [0.1, 0.15) is 11.6 Å². The van der Waals surface area contributed by atoms with Crippen molar-refractivity contribution < 1.29 is 67.0 Å². The fraction of sp³-hybridized carbons (Fsp3) is 0.739. The minimum Gasteiger partial charge on any atom is -0.504 e. The maximum absolute atomic E-state index is 14.5. The number of Topliss-reactive ketones (excluding diaryl/α,β-unsaturated/α-hetero) is 2. The topological polar surface area (TPSA) is 183 Å². The molecule has 15 heteroatoms. The zero-order valence-electron chi connectivity index (χ0n) is 36.8. The Balaban J connectivity index is 1.43. The maximum Gasteiger partial charge on any atom is 0.536 e. The Hall–Kier alpha value is -3.02. The van der Waals surface area contributed by atoms with Gasteiger partial charge < -0.3 is 47.8 Å². The molecule has 6 heterocycles. The molecule has 0 aliphatic carbocycles. The molecule has 14 atom stereocenters. The van der Waals surface area contributed by atoms with Gasteiger partial charge in [-0.25, -0.2) is 9.59 Å². The fourth-order valence-electron chi connectivity index (χ4n) is 9.42. The van der Waals surface area contributed by atoms with Gasteiger partial charge in [-0.3, -0.25) is 9.59 Å². The van der Waals surface area contributed by atoms with Gasteiger partial charge in [-0.2, -0.15) is 0 Å². The van der Waals surface area contributed by atoms with Crippen LogP contribution in [0.2, 0.25) is 0 Å². The second-order valence-corrected chi connectivity index (χ2v) is 18.3. The zero-order valence-corrected chi connectivity index (χ0v) is 36.8. The monoisotopic (exact) mass is 855 g/mol. The summed E-state index contributed by atoms with van der Waals surface area (Å²) in [6.07, 6.45) is 13.6. The number of carbonyl (C=O) groups is 4. The summed E-state index contributed by atoms with van der Waals surface area (Å²) in [5, 5.41) is 21.7. The van der Waals surface area contributed by atoms with E-state index in [1.165, 1.54) is 0 Å². The lowest BCUT2D eigenvalue weighted by atomic mass is 9.82. The van der Waals surface area contributed by atoms with Gasteiger partial charge in [-0.15, -0.1) is 0 Å². The van der Waals surface area contributed by atoms with Crippen LogP contribution < -0.4 is 0 Å². The van der Waals surface area contributed by atoms with E-state index in [-0.39, 0.29) is 24.4 Å². The van der Waals surface area contributed by atoms with E-state index in [9.17, 15) is 29.4 Å². The van der Waals surface area contributed by atoms with Crippen LogP contribution in [0.5, 0.6) is 0 Å². The predicted molar refractivity (Wildman–Crippen MR) is 224 cm³/mol. The first-order chi connectivity index (χ1) is 29.1. The zero-order chi connectivity index (χ0) is 44.0. The van der Waals surface area contributed by atoms with Crippen LogP contribution in [0.1, 0.15) is 131 Å². The number of aliphatic hydroxyl groups is 2. The minimum atomic E-state index is -3.51. The van der Waals surface area contributed by atoms with Gasteiger partial charge in [0.2, 0.25) is 0 Å². The largest absolute Gasteiger partial charge is 0.536 e. The van der Waals surface area contributed by atoms with Crippen molar-refractivity contribution >= 4 is 30.5 Å². The van der Waals surface area contributed by atoms with Crippen LogP contribution in [0.25, 0.3) is 0 Å². The van der Waals surface area contributed by atoms with E-state index in [2.05, 4.69) is 0 Å². The number of allylic oxidation sites excluding steroid dienone is 8. The smallest absolute Gasteiger partial charge is 0.504 e. The summed E-state index contributed by atoms with van der Waals surface area (Å²) < 4.78 is 52.5. The van der Waals surface area contributed by atoms with Crippen molar-refractivity contribution in [1.82, 2.24) is 0 Å². The minimum absolute atomic E-state index is 0.0710. The van der Waals surface area contributed by atoms with Crippen molar-refractivity contribution in [2.24, 2.45) is 23.7 Å². The van der Waals surface area contributed by atoms with Gasteiger partial charge in [0, 0.05) is 36.5 Å². The Morgan fingerprint density at radius 2 is 0.885 bits per heavy atom. The van der Waals surface area contributed by atoms with Crippen LogP contribution in [0, 0.1) is 23.7 Å². The standard InChI is InChI=1S/C46H68BO14/c1-29-23-25-39-33(5)37(50)27-35(48)21-17-13-10-8-12-16-20-32(4)55-44(53)42-46-30(2)24-26-40(57-46)34(6)38(51)28-36(49)22-18-14-9-7-11-15-19-31(3)54-43(52)41-45(29,56-39)60-47(58-41,59-42)61-46/h7-14,29-36,39-42,48-49H,15-28H2,1-6H3/q-1/b11-7-,12-8-,13-10+,14-9+/t29-,30-,31+,32+,33-,34-,35+,36+,39+,40+,41+,42+,45+,46+,47?/m1/s1. The van der Waals surface area contributed by atoms with E-state index in [0.29, 0.717) is 77.0 Å². The highest BCUT2D eigenvalue weighted by atomic mass is 17.0. The van der Waals surface area contributed by atoms with Crippen LogP contribution in [0.3, 0.4) is 0 Å². The van der Waals surface area contributed by atoms with Gasteiger partial charge >= 0.3 is 18.9 Å². The summed E-state index contributed by atoms with van der Waals surface area (Å²) in [7, 11) is 0. The Kier molecular flexibility index (Phi) is 16.1. The van der Waals surface area contributed by atoms with Crippen molar-refractivity contribution in [2.45, 2.75) is 192 Å². The molecule has 0 aromatic heterocycles. The molecule has 6 aliphatic rings. The molecule has 0 unspecified atom stereocenters. The van der Waals surface area contributed by atoms with Crippen molar-refractivity contribution in [3.63, 3.8) is 0 Å². The Labute approximate surface area is 360 Å². The van der Waals surface area contributed by atoms with Crippen molar-refractivity contribution in [3.05, 3.63) is 48.6 Å². The van der Waals surface area contributed by atoms with Crippen LogP contribution in [0.4, 0.5) is 0 Å². The quantitative estimate of drug-likeness (QED) is 0.201. The third-order valence-electron chi connectivity index (χ3n) is 13.5. The molecule has 0 saturated carbocycles. The number of ether oxygens (including phenoxy) is 4. The molecule has 3 spiro atoms. The molecule has 6 rings (SSSR count). The molecule has 7 bridgehead atoms. The van der Waals surface area contributed by atoms with E-state index in [0.717, 1.165) is 0 Å². The Morgan fingerprint density at radius 1 is 0.525 bits per heavy atom. The molecular formula is C46H68BO14-. The number of esters is 2. The lowest BCUT2D eigenvalue weighted by Gasteiger charge is -2.49. The molecule has 4 saturated heterocycles. The summed E-state index contributed by atoms with van der Waals surface area (Å²) in [5.74, 6) is -8.24. The van der Waals surface area contributed by atoms with E-state index >= 15 is 0 Å². The highest BCUT2D eigenvalue weighted by Crippen LogP contribution is 2.55. The number of rotatable bonds is 0. The molecular weight excluding hydrogens is 787 g/mol. The van der Waals surface area contributed by atoms with Crippen LogP contribution in [0.15, 0.2) is 48.6 Å². The van der Waals surface area contributed by atoms with E-state index in [1.54, 1.807) is 27.7 Å². The first-order valence-corrected chi connectivity index (χ1v) is 22.8. The first kappa shape index (κ1) is 47.5. The average molecular weight is 856 g/mol. The number of hydrogen-bond acceptors (Lipinski definition) is 14. The molecule has 6 aliphatic heterocycles. The molecule has 0 radical (unpaired) electrons. The molecule has 2 N–H and O–H groups in total. The Morgan fingerprint density at radius 3 is 1.26 bits per heavy atom. The first-order valence-electron chi connectivity index (χ1n) is 22.8. The number of hydrogen-bond donors (Lipinski definition) is 2. The number of ketones is 2. The summed E-state index contributed by atoms with van der Waals surface area (Å²) >= 11 is 0. The molecule has 0 aromatic carbocycles. The van der Waals surface area contributed by atoms with Gasteiger partial charge in [0.05, 0.1) is 36.6 Å². The van der Waals surface area contributed by atoms with Crippen LogP contribution in [-0.4, -0.2) is 101 Å². The van der Waals surface area contributed by atoms with Crippen LogP contribution >= 0.6 is 0 Å². The summed E-state index contributed by atoms with van der Waals surface area (Å²) in [4.78, 5) is 56.4. The van der Waals surface area contributed by atoms with Crippen LogP contribution in [-0.2, 0) is 56.7 Å². The summed E-state index contributed by atoms with van der Waals surface area (Å²) in [6.45, 7) is 7.23. The second kappa shape index (κ2) is 20.7. The van der Waals surface area contributed by atoms with Gasteiger partial charge in [0.15, 0.2) is 23.8 Å². The molecule has 61 heavy (non-hydrogen) atoms. The highest BCUT2D eigenvalue weighted by molar-refractivity contribution is 6.56. The second-order valence-electron chi connectivity index (χ2n) is 18.3. The highest BCUT2D eigenvalue weighted by Gasteiger charge is 2.72. The third-order valence-corrected chi connectivity index (χ3v) is 13.5. The Bertz CT molecular complexity index is 1560. The van der Waals surface area contributed by atoms with Gasteiger partial charge in [-0.05, 0) is 90.9 Å². The molecule has 14 nitrogen and oxygen atoms in total. The number of aliphatic hydroxyl groups excluding tert-OH is 2. The number of cyclic esters (lactones) is 2. The third kappa shape index (κ3) is 11.0. The van der Waals surface area contributed by atoms with Gasteiger partial charge in [-0.1, -0.05) is 76.3 Å². The molecule has 4 fully saturated rings. The van der Waals surface area contributed by atoms with Gasteiger partial charge in [0.25, 0.3) is 0 Å². The van der Waals surface area contributed by atoms with E-state index < -0.39 is 103 Å². The van der Waals surface area contributed by atoms with Crippen molar-refractivity contribution in [2.75, 3.05) is 0 Å². The average Bonchev–Trinajstić information content (AvgIpc) is 3.70. The molecule has 0 aromatic rings. The predicted octanol–water partition coefficient (Wildman–Crippen LogP) is 6.42. The van der Waals surface area contributed by atoms with E-state index in [1.807, 2.05) is 62.5 Å². The van der Waals surface area contributed by atoms with E-state index in [4.69, 9.17) is 37.6 Å². The molecule has 0 amide bonds. The normalized spacial score (nSPS) is 46.2. The number of fused-ring (bicyclic) bond motifs is 4. The SMILES string of the molecule is C[C@@H]1C(=O)C[C@@H](O)CC/C=C/C=C\CC[C@H](C)OC(=O)[C@@H]2O[B-]34O[C@@H](C(=O)O[C@@H](C)CC/C=C\C=C\CC[C@H](O)CC(=O)[C@@H](C)[C@@H]5CC[C@@H](C)[C@]2(O5)O3)[C@@]2(O[C@H]1CC[C@H]2C)O4. The summed E-state index contributed by atoms with van der Waals surface area (Å²) in [6, 6.07) is 0. The van der Waals surface area contributed by atoms with Crippen molar-refractivity contribution in [1.29, 1.82) is 0 Å². The number of carbonyl (C=O) groups excluding carboxylic acids is 4. The lowest BCUT2D eigenvalue weighted by molar-refractivity contribution is -0.294. The fourth-order valence-corrected chi connectivity index (χ4v) is 9.42. The lowest BCUT2D eigenvalue weighted by Crippen LogP contribution is -2.59. The summed E-state index contributed by atoms with van der Waals surface area (Å²) in [5.41, 5.74) is 0.